The first-order valence-corrected chi connectivity index (χ1v) is 13.0. The Morgan fingerprint density at radius 3 is 1.55 bits per heavy atom. The second-order valence-corrected chi connectivity index (χ2v) is 9.73. The summed E-state index contributed by atoms with van der Waals surface area (Å²) < 4.78 is 4.32. The lowest BCUT2D eigenvalue weighted by Crippen LogP contribution is -2.05. The van der Waals surface area contributed by atoms with Crippen LogP contribution in [0.3, 0.4) is 0 Å². The Labute approximate surface area is 229 Å². The highest BCUT2D eigenvalue weighted by Gasteiger charge is 2.22. The van der Waals surface area contributed by atoms with Crippen LogP contribution in [0.25, 0.3) is 66.1 Å². The van der Waals surface area contributed by atoms with Crippen LogP contribution in [0, 0.1) is 11.3 Å². The van der Waals surface area contributed by atoms with Crippen LogP contribution < -0.4 is 0 Å². The van der Waals surface area contributed by atoms with Gasteiger partial charge in [-0.2, -0.15) is 5.26 Å². The smallest absolute Gasteiger partial charge is 0.104 e. The molecule has 8 rings (SSSR count). The lowest BCUT2D eigenvalue weighted by Gasteiger charge is -2.18. The second kappa shape index (κ2) is 8.62. The molecule has 6 nitrogen and oxygen atoms in total. The van der Waals surface area contributed by atoms with E-state index < -0.39 is 0 Å². The number of hydrogen-bond acceptors (Lipinski definition) is 4. The molecular weight excluding hydrogens is 492 g/mol. The maximum atomic E-state index is 10.8. The van der Waals surface area contributed by atoms with Gasteiger partial charge in [-0.25, -0.2) is 0 Å². The van der Waals surface area contributed by atoms with Crippen molar-refractivity contribution in [1.29, 1.82) is 5.26 Å². The molecule has 0 fully saturated rings. The largest absolute Gasteiger partial charge is 0.306 e. The molecule has 3 aromatic carbocycles. The number of rotatable bonds is 3. The normalized spacial score (nSPS) is 11.5. The van der Waals surface area contributed by atoms with E-state index in [1.807, 2.05) is 79.5 Å². The number of fused-ring (bicyclic) bond motifs is 6. The average molecular weight is 513 g/mol. The van der Waals surface area contributed by atoms with E-state index in [1.54, 1.807) is 6.20 Å². The van der Waals surface area contributed by atoms with Gasteiger partial charge in [-0.1, -0.05) is 42.5 Å². The van der Waals surface area contributed by atoms with Crippen molar-refractivity contribution in [2.45, 2.75) is 0 Å². The molecular formula is C34H20N6. The third-order valence-electron chi connectivity index (χ3n) is 7.64. The summed E-state index contributed by atoms with van der Waals surface area (Å²) >= 11 is 0. The van der Waals surface area contributed by atoms with Gasteiger partial charge in [0.25, 0.3) is 0 Å². The van der Waals surface area contributed by atoms with Gasteiger partial charge in [-0.05, 0) is 48.0 Å². The van der Waals surface area contributed by atoms with Crippen molar-refractivity contribution >= 4 is 43.6 Å². The first kappa shape index (κ1) is 22.2. The molecule has 0 aliphatic heterocycles. The summed E-state index contributed by atoms with van der Waals surface area (Å²) in [6, 6.07) is 31.4. The molecule has 0 amide bonds. The van der Waals surface area contributed by atoms with Crippen LogP contribution in [0.2, 0.25) is 0 Å². The Morgan fingerprint density at radius 1 is 0.500 bits per heavy atom. The van der Waals surface area contributed by atoms with E-state index in [0.717, 1.165) is 66.1 Å². The molecule has 0 saturated heterocycles. The molecule has 0 bridgehead atoms. The molecule has 0 saturated carbocycles. The van der Waals surface area contributed by atoms with Crippen molar-refractivity contribution in [3.63, 3.8) is 0 Å². The van der Waals surface area contributed by atoms with Gasteiger partial charge >= 0.3 is 0 Å². The zero-order chi connectivity index (χ0) is 26.6. The summed E-state index contributed by atoms with van der Waals surface area (Å²) in [5, 5.41) is 15.2. The standard InChI is InChI=1S/C34H20N6/c35-18-28-31(39-29-9-3-1-7-24(29)26-11-14-37-20-33(26)39)16-23(22-6-5-13-36-19-22)17-32(28)40-30-10-4-2-8-25(30)27-12-15-38-21-34(27)40/h1-17,19-21H. The van der Waals surface area contributed by atoms with Gasteiger partial charge in [0, 0.05) is 51.9 Å². The molecule has 0 spiro atoms. The minimum atomic E-state index is 0.561. The number of nitriles is 1. The summed E-state index contributed by atoms with van der Waals surface area (Å²) in [5.41, 5.74) is 7.97. The van der Waals surface area contributed by atoms with Gasteiger partial charge in [0.15, 0.2) is 0 Å². The van der Waals surface area contributed by atoms with Crippen molar-refractivity contribution in [2.24, 2.45) is 0 Å². The van der Waals surface area contributed by atoms with E-state index in [0.29, 0.717) is 5.56 Å². The topological polar surface area (TPSA) is 72.3 Å². The van der Waals surface area contributed by atoms with Gasteiger partial charge in [0.2, 0.25) is 0 Å². The Kier molecular flexibility index (Phi) is 4.78. The highest BCUT2D eigenvalue weighted by atomic mass is 15.0. The predicted molar refractivity (Wildman–Crippen MR) is 159 cm³/mol. The summed E-state index contributed by atoms with van der Waals surface area (Å²) in [7, 11) is 0. The van der Waals surface area contributed by atoms with Gasteiger partial charge < -0.3 is 9.13 Å². The van der Waals surface area contributed by atoms with Crippen molar-refractivity contribution < 1.29 is 0 Å². The van der Waals surface area contributed by atoms with Crippen molar-refractivity contribution in [3.8, 4) is 28.6 Å². The Bertz CT molecular complexity index is 2040. The van der Waals surface area contributed by atoms with Crippen LogP contribution in [-0.4, -0.2) is 24.1 Å². The van der Waals surface area contributed by atoms with E-state index in [2.05, 4.69) is 66.6 Å². The fourth-order valence-electron chi connectivity index (χ4n) is 5.93. The Hall–Kier alpha value is -5.80. The third kappa shape index (κ3) is 3.12. The lowest BCUT2D eigenvalue weighted by atomic mass is 10.0. The fraction of sp³-hybridized carbons (Fsp3) is 0. The molecule has 0 N–H and O–H groups in total. The zero-order valence-corrected chi connectivity index (χ0v) is 21.2. The van der Waals surface area contributed by atoms with Gasteiger partial charge in [0.05, 0.1) is 45.8 Å². The zero-order valence-electron chi connectivity index (χ0n) is 21.2. The molecule has 40 heavy (non-hydrogen) atoms. The predicted octanol–water partition coefficient (Wildman–Crippen LogP) is 7.60. The Morgan fingerprint density at radius 2 is 1.02 bits per heavy atom. The van der Waals surface area contributed by atoms with E-state index in [4.69, 9.17) is 0 Å². The number of aromatic nitrogens is 5. The average Bonchev–Trinajstić information content (AvgIpc) is 3.54. The number of hydrogen-bond donors (Lipinski definition) is 0. The van der Waals surface area contributed by atoms with Crippen LogP contribution in [-0.2, 0) is 0 Å². The molecule has 0 radical (unpaired) electrons. The summed E-state index contributed by atoms with van der Waals surface area (Å²) in [6.07, 6.45) is 11.0. The third-order valence-corrected chi connectivity index (χ3v) is 7.64. The van der Waals surface area contributed by atoms with Gasteiger partial charge in [0.1, 0.15) is 11.6 Å². The molecule has 0 unspecified atom stereocenters. The molecule has 5 aromatic heterocycles. The van der Waals surface area contributed by atoms with E-state index >= 15 is 0 Å². The summed E-state index contributed by atoms with van der Waals surface area (Å²) in [4.78, 5) is 13.3. The van der Waals surface area contributed by atoms with E-state index in [9.17, 15) is 5.26 Å². The fourth-order valence-corrected chi connectivity index (χ4v) is 5.93. The second-order valence-electron chi connectivity index (χ2n) is 9.73. The molecule has 5 heterocycles. The maximum absolute atomic E-state index is 10.8. The number of nitrogens with zero attached hydrogens (tertiary/aromatic N) is 6. The first-order chi connectivity index (χ1) is 19.8. The molecule has 0 aliphatic rings. The monoisotopic (exact) mass is 512 g/mol. The van der Waals surface area contributed by atoms with Crippen molar-refractivity contribution in [2.75, 3.05) is 0 Å². The highest BCUT2D eigenvalue weighted by molar-refractivity contribution is 6.10. The molecule has 0 aliphatic carbocycles. The quantitative estimate of drug-likeness (QED) is 0.244. The van der Waals surface area contributed by atoms with Crippen LogP contribution >= 0.6 is 0 Å². The van der Waals surface area contributed by atoms with Crippen molar-refractivity contribution in [3.05, 3.63) is 128 Å². The van der Waals surface area contributed by atoms with E-state index in [-0.39, 0.29) is 0 Å². The van der Waals surface area contributed by atoms with Crippen molar-refractivity contribution in [1.82, 2.24) is 24.1 Å². The molecule has 0 atom stereocenters. The van der Waals surface area contributed by atoms with E-state index in [1.165, 1.54) is 0 Å². The molecule has 8 aromatic rings. The molecule has 186 valence electrons. The molecule has 6 heteroatoms. The minimum Gasteiger partial charge on any atom is -0.306 e. The Balaban J connectivity index is 1.57. The van der Waals surface area contributed by atoms with Crippen LogP contribution in [0.4, 0.5) is 0 Å². The van der Waals surface area contributed by atoms with Crippen LogP contribution in [0.5, 0.6) is 0 Å². The van der Waals surface area contributed by atoms with Gasteiger partial charge in [-0.15, -0.1) is 0 Å². The summed E-state index contributed by atoms with van der Waals surface area (Å²) in [6.45, 7) is 0. The number of para-hydroxylation sites is 2. The minimum absolute atomic E-state index is 0.561. The van der Waals surface area contributed by atoms with Crippen LogP contribution in [0.1, 0.15) is 5.56 Å². The number of pyridine rings is 3. The number of benzene rings is 3. The lowest BCUT2D eigenvalue weighted by molar-refractivity contribution is 1.11. The first-order valence-electron chi connectivity index (χ1n) is 13.0. The SMILES string of the molecule is N#Cc1c(-n2c3ccccc3c3ccncc32)cc(-c2cccnc2)cc1-n1c2ccccc2c2ccncc21. The maximum Gasteiger partial charge on any atom is 0.104 e. The summed E-state index contributed by atoms with van der Waals surface area (Å²) in [5.74, 6) is 0. The van der Waals surface area contributed by atoms with Crippen LogP contribution in [0.15, 0.2) is 122 Å². The highest BCUT2D eigenvalue weighted by Crippen LogP contribution is 2.39. The van der Waals surface area contributed by atoms with Gasteiger partial charge in [-0.3, -0.25) is 15.0 Å².